The molecule has 0 spiro atoms. The minimum Gasteiger partial charge on any atom is -0.481 e. The molecule has 23 heavy (non-hydrogen) atoms. The summed E-state index contributed by atoms with van der Waals surface area (Å²) in [5.41, 5.74) is 0.832. The van der Waals surface area contributed by atoms with Crippen LogP contribution in [-0.4, -0.2) is 33.6 Å². The molecule has 1 N–H and O–H groups in total. The van der Waals surface area contributed by atoms with Crippen LogP contribution >= 0.6 is 0 Å². The van der Waals surface area contributed by atoms with Gasteiger partial charge in [0.25, 0.3) is 5.91 Å². The van der Waals surface area contributed by atoms with Crippen molar-refractivity contribution in [3.05, 3.63) is 52.9 Å². The summed E-state index contributed by atoms with van der Waals surface area (Å²) in [5, 5.41) is 12.4. The van der Waals surface area contributed by atoms with Gasteiger partial charge in [-0.2, -0.15) is 0 Å². The van der Waals surface area contributed by atoms with Gasteiger partial charge in [0, 0.05) is 19.2 Å². The van der Waals surface area contributed by atoms with Crippen LogP contribution in [0.3, 0.4) is 0 Å². The van der Waals surface area contributed by atoms with Gasteiger partial charge < -0.3 is 14.5 Å². The van der Waals surface area contributed by atoms with Gasteiger partial charge in [-0.15, -0.1) is 0 Å². The number of carbonyl (C=O) groups is 2. The van der Waals surface area contributed by atoms with E-state index in [1.54, 1.807) is 6.92 Å². The first-order chi connectivity index (χ1) is 10.9. The Bertz CT molecular complexity index is 730. The number of nitrogens with zero attached hydrogens (tertiary/aromatic N) is 2. The van der Waals surface area contributed by atoms with Crippen LogP contribution in [0.4, 0.5) is 8.78 Å². The molecule has 2 aromatic rings. The summed E-state index contributed by atoms with van der Waals surface area (Å²) in [5.74, 6) is -3.74. The van der Waals surface area contributed by atoms with Crippen molar-refractivity contribution in [3.8, 4) is 0 Å². The van der Waals surface area contributed by atoms with E-state index in [1.165, 1.54) is 17.0 Å². The van der Waals surface area contributed by atoms with E-state index < -0.39 is 23.5 Å². The minimum atomic E-state index is -1.08. The Morgan fingerprint density at radius 1 is 1.26 bits per heavy atom. The van der Waals surface area contributed by atoms with Gasteiger partial charge >= 0.3 is 5.97 Å². The van der Waals surface area contributed by atoms with Crippen LogP contribution in [0, 0.1) is 18.6 Å². The number of carbonyl (C=O) groups excluding carboxylic acids is 1. The Morgan fingerprint density at radius 3 is 2.57 bits per heavy atom. The Morgan fingerprint density at radius 2 is 2.00 bits per heavy atom. The van der Waals surface area contributed by atoms with Gasteiger partial charge in [0.05, 0.1) is 12.1 Å². The molecule has 122 valence electrons. The van der Waals surface area contributed by atoms with Crippen molar-refractivity contribution >= 4 is 11.9 Å². The average molecular weight is 324 g/mol. The zero-order valence-corrected chi connectivity index (χ0v) is 12.3. The van der Waals surface area contributed by atoms with Crippen LogP contribution in [-0.2, 0) is 11.3 Å². The minimum absolute atomic E-state index is 0.0459. The van der Waals surface area contributed by atoms with E-state index in [2.05, 4.69) is 5.16 Å². The van der Waals surface area contributed by atoms with E-state index >= 15 is 0 Å². The third kappa shape index (κ3) is 4.35. The molecule has 1 aromatic heterocycles. The fourth-order valence-corrected chi connectivity index (χ4v) is 1.96. The Kier molecular flexibility index (Phi) is 5.05. The number of carboxylic acid groups (broad SMARTS) is 1. The predicted molar refractivity (Wildman–Crippen MR) is 74.6 cm³/mol. The molecule has 0 saturated heterocycles. The van der Waals surface area contributed by atoms with E-state index in [0.29, 0.717) is 11.3 Å². The standard InChI is InChI=1S/C15H14F2N2O4/c1-9-6-13(23-18-9)15(22)19(5-4-14(20)21)8-10-2-3-11(16)12(17)7-10/h2-3,6-7H,4-5,8H2,1H3,(H,20,21). The van der Waals surface area contributed by atoms with Gasteiger partial charge in [-0.3, -0.25) is 9.59 Å². The third-order valence-corrected chi connectivity index (χ3v) is 3.08. The number of hydrogen-bond donors (Lipinski definition) is 1. The van der Waals surface area contributed by atoms with Gasteiger partial charge in [0.2, 0.25) is 5.76 Å². The molecule has 6 nitrogen and oxygen atoms in total. The molecular formula is C15H14F2N2O4. The molecule has 0 radical (unpaired) electrons. The number of aromatic nitrogens is 1. The van der Waals surface area contributed by atoms with Crippen molar-refractivity contribution in [2.45, 2.75) is 19.9 Å². The molecule has 0 aliphatic rings. The second kappa shape index (κ2) is 6.99. The second-order valence-electron chi connectivity index (χ2n) is 4.95. The zero-order chi connectivity index (χ0) is 17.0. The molecule has 0 atom stereocenters. The maximum atomic E-state index is 13.3. The molecule has 0 saturated carbocycles. The van der Waals surface area contributed by atoms with Gasteiger partial charge in [-0.05, 0) is 24.6 Å². The van der Waals surface area contributed by atoms with Crippen molar-refractivity contribution < 1.29 is 28.0 Å². The molecule has 1 aromatic carbocycles. The number of rotatable bonds is 6. The van der Waals surface area contributed by atoms with Crippen LogP contribution in [0.15, 0.2) is 28.8 Å². The summed E-state index contributed by atoms with van der Waals surface area (Å²) in [6.07, 6.45) is -0.289. The third-order valence-electron chi connectivity index (χ3n) is 3.08. The maximum Gasteiger partial charge on any atom is 0.305 e. The van der Waals surface area contributed by atoms with Crippen molar-refractivity contribution in [1.29, 1.82) is 0 Å². The molecule has 1 amide bonds. The first-order valence-electron chi connectivity index (χ1n) is 6.75. The topological polar surface area (TPSA) is 83.6 Å². The van der Waals surface area contributed by atoms with Crippen molar-refractivity contribution in [2.24, 2.45) is 0 Å². The Balaban J connectivity index is 2.20. The van der Waals surface area contributed by atoms with Gasteiger partial charge in [0.15, 0.2) is 11.6 Å². The van der Waals surface area contributed by atoms with E-state index in [0.717, 1.165) is 12.1 Å². The van der Waals surface area contributed by atoms with Crippen molar-refractivity contribution in [2.75, 3.05) is 6.54 Å². The van der Waals surface area contributed by atoms with E-state index in [4.69, 9.17) is 9.63 Å². The monoisotopic (exact) mass is 324 g/mol. The quantitative estimate of drug-likeness (QED) is 0.882. The molecular weight excluding hydrogens is 310 g/mol. The summed E-state index contributed by atoms with van der Waals surface area (Å²) in [4.78, 5) is 24.3. The van der Waals surface area contributed by atoms with E-state index in [1.807, 2.05) is 0 Å². The molecule has 8 heteroatoms. The van der Waals surface area contributed by atoms with Crippen molar-refractivity contribution in [3.63, 3.8) is 0 Å². The second-order valence-corrected chi connectivity index (χ2v) is 4.95. The zero-order valence-electron chi connectivity index (χ0n) is 12.3. The lowest BCUT2D eigenvalue weighted by Crippen LogP contribution is -2.32. The Labute approximate surface area is 130 Å². The maximum absolute atomic E-state index is 13.3. The molecule has 0 aliphatic carbocycles. The highest BCUT2D eigenvalue weighted by Crippen LogP contribution is 2.14. The summed E-state index contributed by atoms with van der Waals surface area (Å²) in [6, 6.07) is 4.65. The van der Waals surface area contributed by atoms with Gasteiger partial charge in [-0.25, -0.2) is 8.78 Å². The highest BCUT2D eigenvalue weighted by atomic mass is 19.2. The number of halogens is 2. The fourth-order valence-electron chi connectivity index (χ4n) is 1.96. The number of carboxylic acids is 1. The first kappa shape index (κ1) is 16.6. The largest absolute Gasteiger partial charge is 0.481 e. The summed E-state index contributed by atoms with van der Waals surface area (Å²) >= 11 is 0. The van der Waals surface area contributed by atoms with Crippen LogP contribution in [0.1, 0.15) is 28.2 Å². The van der Waals surface area contributed by atoms with Crippen LogP contribution in [0.25, 0.3) is 0 Å². The molecule has 0 aliphatic heterocycles. The molecule has 0 fully saturated rings. The van der Waals surface area contributed by atoms with Gasteiger partial charge in [-0.1, -0.05) is 11.2 Å². The smallest absolute Gasteiger partial charge is 0.305 e. The lowest BCUT2D eigenvalue weighted by atomic mass is 10.2. The predicted octanol–water partition coefficient (Wildman–Crippen LogP) is 2.38. The number of benzene rings is 1. The molecule has 1 heterocycles. The van der Waals surface area contributed by atoms with Crippen LogP contribution in [0.2, 0.25) is 0 Å². The SMILES string of the molecule is Cc1cc(C(=O)N(CCC(=O)O)Cc2ccc(F)c(F)c2)on1. The van der Waals surface area contributed by atoms with Crippen LogP contribution < -0.4 is 0 Å². The summed E-state index contributed by atoms with van der Waals surface area (Å²) < 4.78 is 31.1. The number of hydrogen-bond acceptors (Lipinski definition) is 4. The van der Waals surface area contributed by atoms with E-state index in [-0.39, 0.29) is 25.3 Å². The lowest BCUT2D eigenvalue weighted by Gasteiger charge is -2.20. The lowest BCUT2D eigenvalue weighted by molar-refractivity contribution is -0.137. The molecule has 2 rings (SSSR count). The number of aryl methyl sites for hydroxylation is 1. The fraction of sp³-hybridized carbons (Fsp3) is 0.267. The number of aliphatic carboxylic acids is 1. The molecule has 0 bridgehead atoms. The molecule has 0 unspecified atom stereocenters. The van der Waals surface area contributed by atoms with Crippen LogP contribution in [0.5, 0.6) is 0 Å². The highest BCUT2D eigenvalue weighted by molar-refractivity contribution is 5.91. The normalized spacial score (nSPS) is 10.6. The van der Waals surface area contributed by atoms with E-state index in [9.17, 15) is 18.4 Å². The average Bonchev–Trinajstić information content (AvgIpc) is 2.92. The summed E-state index contributed by atoms with van der Waals surface area (Å²) in [7, 11) is 0. The number of amides is 1. The highest BCUT2D eigenvalue weighted by Gasteiger charge is 2.21. The summed E-state index contributed by atoms with van der Waals surface area (Å²) in [6.45, 7) is 1.45. The Hall–Kier alpha value is -2.77. The van der Waals surface area contributed by atoms with Crippen molar-refractivity contribution in [1.82, 2.24) is 10.1 Å². The van der Waals surface area contributed by atoms with Gasteiger partial charge in [0.1, 0.15) is 0 Å². The first-order valence-corrected chi connectivity index (χ1v) is 6.75.